The van der Waals surface area contributed by atoms with E-state index < -0.39 is 11.4 Å². The van der Waals surface area contributed by atoms with Crippen LogP contribution < -0.4 is 4.18 Å². The maximum atomic E-state index is 10.2. The summed E-state index contributed by atoms with van der Waals surface area (Å²) in [7, 11) is 1.64. The lowest BCUT2D eigenvalue weighted by atomic mass is 10.1. The molecule has 1 atom stereocenters. The molecule has 5 heteroatoms. The normalized spacial score (nSPS) is 12.4. The first kappa shape index (κ1) is 11.2. The van der Waals surface area contributed by atoms with Gasteiger partial charge in [0.15, 0.2) is 0 Å². The Balaban J connectivity index is 2.54. The molecular formula is C9H11O4S-. The fourth-order valence-corrected chi connectivity index (χ4v) is 1.28. The molecule has 14 heavy (non-hydrogen) atoms. The minimum absolute atomic E-state index is 0.319. The number of ether oxygens (including phenoxy) is 1. The van der Waals surface area contributed by atoms with Crippen LogP contribution in [0.2, 0.25) is 0 Å². The third kappa shape index (κ3) is 3.87. The zero-order chi connectivity index (χ0) is 10.4. The monoisotopic (exact) mass is 215 g/mol. The summed E-state index contributed by atoms with van der Waals surface area (Å²) in [6, 6.07) is 6.84. The molecule has 4 nitrogen and oxygen atoms in total. The van der Waals surface area contributed by atoms with E-state index in [1.165, 1.54) is 0 Å². The standard InChI is InChI=1S/C9H12O4S/c1-12-7-6-8-2-4-9(5-3-8)13-14(10)11/h2-5H,6-7H2,1H3,(H,10,11)/p-1. The highest BCUT2D eigenvalue weighted by molar-refractivity contribution is 7.74. The van der Waals surface area contributed by atoms with Crippen molar-refractivity contribution in [3.8, 4) is 5.75 Å². The highest BCUT2D eigenvalue weighted by atomic mass is 32.2. The van der Waals surface area contributed by atoms with E-state index >= 15 is 0 Å². The Morgan fingerprint density at radius 1 is 1.36 bits per heavy atom. The summed E-state index contributed by atoms with van der Waals surface area (Å²) in [6.07, 6.45) is 0.803. The molecule has 1 aromatic carbocycles. The molecule has 0 saturated carbocycles. The minimum atomic E-state index is -2.50. The lowest BCUT2D eigenvalue weighted by Gasteiger charge is -2.07. The number of benzene rings is 1. The highest BCUT2D eigenvalue weighted by Gasteiger charge is 1.95. The van der Waals surface area contributed by atoms with Gasteiger partial charge in [0.2, 0.25) is 0 Å². The Morgan fingerprint density at radius 2 is 2.00 bits per heavy atom. The van der Waals surface area contributed by atoms with Crippen molar-refractivity contribution in [1.82, 2.24) is 0 Å². The molecule has 1 unspecified atom stereocenters. The average Bonchev–Trinajstić information content (AvgIpc) is 2.16. The highest BCUT2D eigenvalue weighted by Crippen LogP contribution is 2.13. The van der Waals surface area contributed by atoms with Crippen LogP contribution in [-0.2, 0) is 22.5 Å². The average molecular weight is 215 g/mol. The van der Waals surface area contributed by atoms with Crippen LogP contribution in [0.15, 0.2) is 24.3 Å². The van der Waals surface area contributed by atoms with Crippen LogP contribution in [0.4, 0.5) is 0 Å². The molecule has 78 valence electrons. The predicted molar refractivity (Wildman–Crippen MR) is 51.6 cm³/mol. The van der Waals surface area contributed by atoms with Crippen LogP contribution >= 0.6 is 0 Å². The van der Waals surface area contributed by atoms with Crippen molar-refractivity contribution in [3.05, 3.63) is 29.8 Å². The van der Waals surface area contributed by atoms with Gasteiger partial charge in [-0.05, 0) is 24.1 Å². The summed E-state index contributed by atoms with van der Waals surface area (Å²) in [5.41, 5.74) is 1.08. The number of hydrogen-bond acceptors (Lipinski definition) is 4. The molecule has 1 rings (SSSR count). The minimum Gasteiger partial charge on any atom is -0.740 e. The van der Waals surface area contributed by atoms with Gasteiger partial charge < -0.3 is 13.5 Å². The summed E-state index contributed by atoms with van der Waals surface area (Å²) < 4.78 is 29.7. The first-order valence-electron chi connectivity index (χ1n) is 4.08. The Bertz CT molecular complexity index is 296. The van der Waals surface area contributed by atoms with Gasteiger partial charge in [0.25, 0.3) is 0 Å². The second-order valence-corrected chi connectivity index (χ2v) is 3.25. The maximum Gasteiger partial charge on any atom is 0.139 e. The Kier molecular flexibility index (Phi) is 4.58. The smallest absolute Gasteiger partial charge is 0.139 e. The van der Waals surface area contributed by atoms with E-state index in [4.69, 9.17) is 4.74 Å². The van der Waals surface area contributed by atoms with Gasteiger partial charge in [-0.25, -0.2) is 4.21 Å². The number of rotatable bonds is 5. The molecule has 0 bridgehead atoms. The fourth-order valence-electron chi connectivity index (χ4n) is 1.01. The molecular weight excluding hydrogens is 204 g/mol. The van der Waals surface area contributed by atoms with E-state index in [2.05, 4.69) is 4.18 Å². The lowest BCUT2D eigenvalue weighted by molar-refractivity contribution is 0.202. The van der Waals surface area contributed by atoms with Gasteiger partial charge in [0.1, 0.15) is 17.1 Å². The zero-order valence-electron chi connectivity index (χ0n) is 7.76. The van der Waals surface area contributed by atoms with E-state index in [0.717, 1.165) is 12.0 Å². The topological polar surface area (TPSA) is 58.6 Å². The van der Waals surface area contributed by atoms with Crippen molar-refractivity contribution in [2.75, 3.05) is 13.7 Å². The van der Waals surface area contributed by atoms with Gasteiger partial charge in [0.05, 0.1) is 6.61 Å². The van der Waals surface area contributed by atoms with Crippen molar-refractivity contribution in [2.24, 2.45) is 0 Å². The molecule has 0 spiro atoms. The summed E-state index contributed by atoms with van der Waals surface area (Å²) in [5, 5.41) is 0. The van der Waals surface area contributed by atoms with Crippen LogP contribution in [0.5, 0.6) is 5.75 Å². The summed E-state index contributed by atoms with van der Waals surface area (Å²) in [4.78, 5) is 0. The molecule has 0 aliphatic rings. The molecule has 0 heterocycles. The second-order valence-electron chi connectivity index (χ2n) is 2.67. The molecule has 0 fully saturated rings. The summed E-state index contributed by atoms with van der Waals surface area (Å²) in [6.45, 7) is 0.647. The third-order valence-corrected chi connectivity index (χ3v) is 2.01. The Labute approximate surface area is 85.3 Å². The van der Waals surface area contributed by atoms with Crippen LogP contribution in [0, 0.1) is 0 Å². The van der Waals surface area contributed by atoms with Crippen LogP contribution in [0.25, 0.3) is 0 Å². The van der Waals surface area contributed by atoms with Crippen LogP contribution in [-0.4, -0.2) is 22.5 Å². The molecule has 0 N–H and O–H groups in total. The molecule has 1 aromatic rings. The van der Waals surface area contributed by atoms with Crippen molar-refractivity contribution in [2.45, 2.75) is 6.42 Å². The van der Waals surface area contributed by atoms with Gasteiger partial charge in [0, 0.05) is 7.11 Å². The number of hydrogen-bond donors (Lipinski definition) is 0. The van der Waals surface area contributed by atoms with E-state index in [1.54, 1.807) is 31.4 Å². The fraction of sp³-hybridized carbons (Fsp3) is 0.333. The lowest BCUT2D eigenvalue weighted by Crippen LogP contribution is -1.98. The van der Waals surface area contributed by atoms with E-state index in [0.29, 0.717) is 12.4 Å². The third-order valence-electron chi connectivity index (χ3n) is 1.68. The molecule has 0 saturated heterocycles. The molecule has 0 amide bonds. The van der Waals surface area contributed by atoms with Crippen LogP contribution in [0.3, 0.4) is 0 Å². The first-order chi connectivity index (χ1) is 6.72. The second kappa shape index (κ2) is 5.74. The van der Waals surface area contributed by atoms with Crippen molar-refractivity contribution < 1.29 is 17.7 Å². The quantitative estimate of drug-likeness (QED) is 0.689. The zero-order valence-corrected chi connectivity index (χ0v) is 8.58. The van der Waals surface area contributed by atoms with Gasteiger partial charge >= 0.3 is 0 Å². The molecule has 0 aliphatic heterocycles. The SMILES string of the molecule is COCCc1ccc(OS(=O)[O-])cc1. The molecule has 0 aromatic heterocycles. The number of methoxy groups -OCH3 is 1. The Morgan fingerprint density at radius 3 is 2.50 bits per heavy atom. The van der Waals surface area contributed by atoms with Crippen molar-refractivity contribution in [3.63, 3.8) is 0 Å². The van der Waals surface area contributed by atoms with E-state index in [9.17, 15) is 8.76 Å². The van der Waals surface area contributed by atoms with Crippen molar-refractivity contribution in [1.29, 1.82) is 0 Å². The molecule has 0 radical (unpaired) electrons. The predicted octanol–water partition coefficient (Wildman–Crippen LogP) is 1.05. The summed E-state index contributed by atoms with van der Waals surface area (Å²) in [5.74, 6) is 0.319. The van der Waals surface area contributed by atoms with Gasteiger partial charge in [-0.1, -0.05) is 12.1 Å². The largest absolute Gasteiger partial charge is 0.740 e. The van der Waals surface area contributed by atoms with E-state index in [1.807, 2.05) is 0 Å². The summed E-state index contributed by atoms with van der Waals surface area (Å²) >= 11 is -2.50. The van der Waals surface area contributed by atoms with Crippen molar-refractivity contribution >= 4 is 11.4 Å². The van der Waals surface area contributed by atoms with E-state index in [-0.39, 0.29) is 0 Å². The van der Waals surface area contributed by atoms with Crippen LogP contribution in [0.1, 0.15) is 5.56 Å². The van der Waals surface area contributed by atoms with Gasteiger partial charge in [-0.15, -0.1) is 0 Å². The van der Waals surface area contributed by atoms with Gasteiger partial charge in [-0.2, -0.15) is 0 Å². The van der Waals surface area contributed by atoms with Gasteiger partial charge in [-0.3, -0.25) is 0 Å². The molecule has 0 aliphatic carbocycles. The first-order valence-corrected chi connectivity index (χ1v) is 5.08. The maximum absolute atomic E-state index is 10.2. The Hall–Kier alpha value is -0.910.